The van der Waals surface area contributed by atoms with E-state index >= 15 is 0 Å². The lowest BCUT2D eigenvalue weighted by Crippen LogP contribution is -1.97. The molecule has 82 valence electrons. The maximum absolute atomic E-state index is 9.44. The average Bonchev–Trinajstić information content (AvgIpc) is 2.17. The second kappa shape index (κ2) is 5.61. The number of hydrogen-bond donors (Lipinski definition) is 1. The lowest BCUT2D eigenvalue weighted by atomic mass is 10.2. The van der Waals surface area contributed by atoms with Crippen LogP contribution in [0, 0.1) is 5.92 Å². The van der Waals surface area contributed by atoms with E-state index < -0.39 is 0 Å². The van der Waals surface area contributed by atoms with E-state index in [4.69, 9.17) is 16.4 Å². The van der Waals surface area contributed by atoms with E-state index in [-0.39, 0.29) is 5.75 Å². The quantitative estimate of drug-likeness (QED) is 0.635. The van der Waals surface area contributed by atoms with Crippen molar-refractivity contribution < 1.29 is 9.94 Å². The first-order chi connectivity index (χ1) is 7.09. The van der Waals surface area contributed by atoms with Crippen molar-refractivity contribution in [1.82, 2.24) is 0 Å². The molecule has 0 aromatic heterocycles. The molecule has 1 N–H and O–H groups in total. The van der Waals surface area contributed by atoms with Gasteiger partial charge in [0.05, 0.1) is 6.21 Å². The topological polar surface area (TPSA) is 41.8 Å². The molecule has 0 saturated heterocycles. The van der Waals surface area contributed by atoms with E-state index in [0.29, 0.717) is 23.1 Å². The smallest absolute Gasteiger partial charge is 0.124 e. The molecule has 0 bridgehead atoms. The fourth-order valence-corrected chi connectivity index (χ4v) is 1.10. The molecule has 0 fully saturated rings. The third kappa shape index (κ3) is 4.21. The van der Waals surface area contributed by atoms with Crippen LogP contribution < -0.4 is 0 Å². The van der Waals surface area contributed by atoms with Crippen LogP contribution in [0.2, 0.25) is 5.02 Å². The molecule has 1 aromatic rings. The Bertz CT molecular complexity index is 350. The normalized spacial score (nSPS) is 11.2. The van der Waals surface area contributed by atoms with Gasteiger partial charge in [-0.25, -0.2) is 0 Å². The molecule has 3 nitrogen and oxygen atoms in total. The fourth-order valence-electron chi connectivity index (χ4n) is 0.915. The van der Waals surface area contributed by atoms with Gasteiger partial charge in [-0.1, -0.05) is 30.6 Å². The highest BCUT2D eigenvalue weighted by atomic mass is 35.5. The van der Waals surface area contributed by atoms with Crippen molar-refractivity contribution in [3.63, 3.8) is 0 Å². The van der Waals surface area contributed by atoms with Gasteiger partial charge in [0.15, 0.2) is 0 Å². The highest BCUT2D eigenvalue weighted by Crippen LogP contribution is 2.19. The Hall–Kier alpha value is -1.22. The zero-order chi connectivity index (χ0) is 11.3. The van der Waals surface area contributed by atoms with Gasteiger partial charge in [-0.05, 0) is 24.1 Å². The zero-order valence-corrected chi connectivity index (χ0v) is 9.53. The maximum Gasteiger partial charge on any atom is 0.124 e. The summed E-state index contributed by atoms with van der Waals surface area (Å²) in [6.07, 6.45) is 1.45. The molecule has 0 amide bonds. The van der Waals surface area contributed by atoms with Crippen LogP contribution in [0.1, 0.15) is 19.4 Å². The minimum absolute atomic E-state index is 0.135. The molecular weight excluding hydrogens is 214 g/mol. The number of phenols is 1. The van der Waals surface area contributed by atoms with Gasteiger partial charge in [0.25, 0.3) is 0 Å². The standard InChI is InChI=1S/C11H14ClNO2/c1-8(2)7-15-13-6-9-5-10(12)3-4-11(9)14/h3-6,8,14H,7H2,1-2H3/b13-6+. The third-order valence-corrected chi connectivity index (χ3v) is 1.90. The predicted molar refractivity (Wildman–Crippen MR) is 61.5 cm³/mol. The molecule has 0 heterocycles. The summed E-state index contributed by atoms with van der Waals surface area (Å²) in [5, 5.41) is 13.7. The predicted octanol–water partition coefficient (Wildman–Crippen LogP) is 3.05. The largest absolute Gasteiger partial charge is 0.507 e. The van der Waals surface area contributed by atoms with Gasteiger partial charge in [0.1, 0.15) is 12.4 Å². The Morgan fingerprint density at radius 1 is 1.53 bits per heavy atom. The summed E-state index contributed by atoms with van der Waals surface area (Å²) in [6.45, 7) is 4.62. The van der Waals surface area contributed by atoms with E-state index in [2.05, 4.69) is 5.16 Å². The number of nitrogens with zero attached hydrogens (tertiary/aromatic N) is 1. The van der Waals surface area contributed by atoms with Gasteiger partial charge < -0.3 is 9.94 Å². The Morgan fingerprint density at radius 3 is 2.93 bits per heavy atom. The van der Waals surface area contributed by atoms with Crippen LogP contribution in [0.25, 0.3) is 0 Å². The lowest BCUT2D eigenvalue weighted by Gasteiger charge is -2.02. The maximum atomic E-state index is 9.44. The number of halogens is 1. The van der Waals surface area contributed by atoms with Crippen molar-refractivity contribution in [2.24, 2.45) is 11.1 Å². The van der Waals surface area contributed by atoms with E-state index in [0.717, 1.165) is 0 Å². The Balaban J connectivity index is 2.59. The van der Waals surface area contributed by atoms with Gasteiger partial charge in [0.2, 0.25) is 0 Å². The molecular formula is C11H14ClNO2. The highest BCUT2D eigenvalue weighted by Gasteiger charge is 1.99. The highest BCUT2D eigenvalue weighted by molar-refractivity contribution is 6.30. The molecule has 0 aliphatic heterocycles. The molecule has 1 aromatic carbocycles. The minimum Gasteiger partial charge on any atom is -0.507 e. The van der Waals surface area contributed by atoms with Crippen molar-refractivity contribution in [1.29, 1.82) is 0 Å². The number of benzene rings is 1. The van der Waals surface area contributed by atoms with Gasteiger partial charge in [-0.15, -0.1) is 0 Å². The van der Waals surface area contributed by atoms with E-state index in [1.807, 2.05) is 13.8 Å². The van der Waals surface area contributed by atoms with Gasteiger partial charge in [-0.2, -0.15) is 0 Å². The molecule has 0 spiro atoms. The fraction of sp³-hybridized carbons (Fsp3) is 0.364. The molecule has 0 aliphatic carbocycles. The molecule has 15 heavy (non-hydrogen) atoms. The second-order valence-corrected chi connectivity index (χ2v) is 4.06. The summed E-state index contributed by atoms with van der Waals surface area (Å²) < 4.78 is 0. The van der Waals surface area contributed by atoms with Crippen LogP contribution in [0.3, 0.4) is 0 Å². The molecule has 0 radical (unpaired) electrons. The van der Waals surface area contributed by atoms with E-state index in [9.17, 15) is 5.11 Å². The van der Waals surface area contributed by atoms with Crippen LogP contribution >= 0.6 is 11.6 Å². The third-order valence-electron chi connectivity index (χ3n) is 1.66. The molecule has 0 aliphatic rings. The van der Waals surface area contributed by atoms with Crippen molar-refractivity contribution in [2.75, 3.05) is 6.61 Å². The zero-order valence-electron chi connectivity index (χ0n) is 8.77. The van der Waals surface area contributed by atoms with Crippen molar-refractivity contribution in [2.45, 2.75) is 13.8 Å². The number of phenolic OH excluding ortho intramolecular Hbond substituents is 1. The summed E-state index contributed by atoms with van der Waals surface area (Å²) in [5.41, 5.74) is 0.547. The van der Waals surface area contributed by atoms with Gasteiger partial charge >= 0.3 is 0 Å². The first kappa shape index (κ1) is 11.9. The Labute approximate surface area is 94.3 Å². The average molecular weight is 228 g/mol. The van der Waals surface area contributed by atoms with Crippen molar-refractivity contribution >= 4 is 17.8 Å². The summed E-state index contributed by atoms with van der Waals surface area (Å²) in [7, 11) is 0. The summed E-state index contributed by atoms with van der Waals surface area (Å²) >= 11 is 5.77. The van der Waals surface area contributed by atoms with Crippen LogP contribution in [0.5, 0.6) is 5.75 Å². The van der Waals surface area contributed by atoms with E-state index in [1.165, 1.54) is 12.3 Å². The number of aromatic hydroxyl groups is 1. The first-order valence-electron chi connectivity index (χ1n) is 4.73. The molecule has 0 saturated carbocycles. The van der Waals surface area contributed by atoms with Gasteiger partial charge in [-0.3, -0.25) is 0 Å². The Morgan fingerprint density at radius 2 is 2.27 bits per heavy atom. The lowest BCUT2D eigenvalue weighted by molar-refractivity contribution is 0.120. The van der Waals surface area contributed by atoms with Crippen molar-refractivity contribution in [3.05, 3.63) is 28.8 Å². The van der Waals surface area contributed by atoms with Crippen LogP contribution in [0.15, 0.2) is 23.4 Å². The van der Waals surface area contributed by atoms with Crippen LogP contribution in [-0.2, 0) is 4.84 Å². The summed E-state index contributed by atoms with van der Waals surface area (Å²) in [4.78, 5) is 5.01. The van der Waals surface area contributed by atoms with Gasteiger partial charge in [0, 0.05) is 10.6 Å². The van der Waals surface area contributed by atoms with Crippen LogP contribution in [-0.4, -0.2) is 17.9 Å². The monoisotopic (exact) mass is 227 g/mol. The molecule has 4 heteroatoms. The Kier molecular flexibility index (Phi) is 4.43. The molecule has 0 unspecified atom stereocenters. The van der Waals surface area contributed by atoms with E-state index in [1.54, 1.807) is 12.1 Å². The van der Waals surface area contributed by atoms with Crippen molar-refractivity contribution in [3.8, 4) is 5.75 Å². The first-order valence-corrected chi connectivity index (χ1v) is 5.11. The second-order valence-electron chi connectivity index (χ2n) is 3.63. The molecule has 0 atom stereocenters. The number of oxime groups is 1. The number of rotatable bonds is 4. The summed E-state index contributed by atoms with van der Waals surface area (Å²) in [6, 6.07) is 4.76. The minimum atomic E-state index is 0.135. The molecule has 1 rings (SSSR count). The SMILES string of the molecule is CC(C)CO/N=C/c1cc(Cl)ccc1O. The van der Waals surface area contributed by atoms with Crippen LogP contribution in [0.4, 0.5) is 0 Å². The summed E-state index contributed by atoms with van der Waals surface area (Å²) in [5.74, 6) is 0.561. The number of hydrogen-bond acceptors (Lipinski definition) is 3.